The molecule has 4 aromatic rings. The number of carbonyl (C=O) groups excluding carboxylic acids is 1. The Morgan fingerprint density at radius 1 is 0.829 bits per heavy atom. The first-order valence-electron chi connectivity index (χ1n) is 10.8. The zero-order chi connectivity index (χ0) is 24.7. The highest BCUT2D eigenvalue weighted by Gasteiger charge is 2.13. The fraction of sp³-hybridized carbons (Fsp3) is 0.0370. The van der Waals surface area contributed by atoms with Crippen molar-refractivity contribution in [2.45, 2.75) is 11.4 Å². The lowest BCUT2D eigenvalue weighted by Gasteiger charge is -2.10. The smallest absolute Gasteiger partial charge is 0.250 e. The number of nitrogens with one attached hydrogen (secondary N) is 3. The minimum absolute atomic E-state index is 0.107. The molecule has 0 saturated carbocycles. The molecule has 4 rings (SSSR count). The van der Waals surface area contributed by atoms with Crippen molar-refractivity contribution in [1.82, 2.24) is 10.0 Å². The third-order valence-corrected chi connectivity index (χ3v) is 6.83. The van der Waals surface area contributed by atoms with E-state index in [-0.39, 0.29) is 22.5 Å². The minimum atomic E-state index is -3.66. The van der Waals surface area contributed by atoms with E-state index >= 15 is 0 Å². The molecule has 0 aliphatic carbocycles. The Kier molecular flexibility index (Phi) is 7.67. The summed E-state index contributed by atoms with van der Waals surface area (Å²) in [6.45, 7) is 0.200. The van der Waals surface area contributed by atoms with Gasteiger partial charge in [0.05, 0.1) is 4.90 Å². The van der Waals surface area contributed by atoms with Crippen molar-refractivity contribution in [1.29, 1.82) is 0 Å². The molecule has 0 atom stereocenters. The number of thiocarbonyl (C=S) groups is 1. The van der Waals surface area contributed by atoms with Crippen molar-refractivity contribution in [2.24, 2.45) is 0 Å². The number of hydrogen-bond donors (Lipinski definition) is 3. The molecule has 6 nitrogen and oxygen atoms in total. The Balaban J connectivity index is 1.32. The molecule has 0 aliphatic heterocycles. The van der Waals surface area contributed by atoms with Gasteiger partial charge in [0.25, 0.3) is 0 Å². The lowest BCUT2D eigenvalue weighted by Crippen LogP contribution is -2.32. The molecule has 0 spiro atoms. The average molecular weight is 502 g/mol. The summed E-state index contributed by atoms with van der Waals surface area (Å²) in [5, 5.41) is 7.73. The molecule has 4 aromatic carbocycles. The van der Waals surface area contributed by atoms with Crippen LogP contribution in [0.3, 0.4) is 0 Å². The van der Waals surface area contributed by atoms with Crippen LogP contribution in [0.5, 0.6) is 0 Å². The van der Waals surface area contributed by atoms with Gasteiger partial charge in [0, 0.05) is 18.3 Å². The second-order valence-corrected chi connectivity index (χ2v) is 9.85. The fourth-order valence-electron chi connectivity index (χ4n) is 3.45. The lowest BCUT2D eigenvalue weighted by molar-refractivity contribution is -0.115. The van der Waals surface area contributed by atoms with Gasteiger partial charge >= 0.3 is 0 Å². The van der Waals surface area contributed by atoms with Crippen molar-refractivity contribution in [3.63, 3.8) is 0 Å². The summed E-state index contributed by atoms with van der Waals surface area (Å²) in [7, 11) is -3.66. The Morgan fingerprint density at radius 2 is 1.51 bits per heavy atom. The molecule has 0 radical (unpaired) electrons. The molecule has 176 valence electrons. The van der Waals surface area contributed by atoms with Gasteiger partial charge in [-0.3, -0.25) is 10.1 Å². The largest absolute Gasteiger partial charge is 0.332 e. The molecular weight excluding hydrogens is 478 g/mol. The number of sulfonamides is 1. The minimum Gasteiger partial charge on any atom is -0.332 e. The quantitative estimate of drug-likeness (QED) is 0.249. The zero-order valence-corrected chi connectivity index (χ0v) is 20.3. The number of carbonyl (C=O) groups is 1. The monoisotopic (exact) mass is 501 g/mol. The van der Waals surface area contributed by atoms with Gasteiger partial charge in [-0.25, -0.2) is 13.1 Å². The first-order valence-corrected chi connectivity index (χ1v) is 12.7. The Morgan fingerprint density at radius 3 is 2.29 bits per heavy atom. The van der Waals surface area contributed by atoms with Crippen LogP contribution in [0.2, 0.25) is 0 Å². The second kappa shape index (κ2) is 11.1. The van der Waals surface area contributed by atoms with E-state index in [2.05, 4.69) is 15.4 Å². The maximum absolute atomic E-state index is 12.5. The van der Waals surface area contributed by atoms with E-state index in [1.165, 1.54) is 18.2 Å². The van der Waals surface area contributed by atoms with Crippen LogP contribution in [0.15, 0.2) is 108 Å². The predicted octanol–water partition coefficient (Wildman–Crippen LogP) is 4.84. The average Bonchev–Trinajstić information content (AvgIpc) is 2.87. The SMILES string of the molecule is O=C(C=Cc1cccc2ccccc12)NC(=S)Nc1ccc(S(=O)(=O)NCc2ccccc2)cc1. The van der Waals surface area contributed by atoms with Crippen molar-refractivity contribution in [2.75, 3.05) is 5.32 Å². The van der Waals surface area contributed by atoms with Crippen molar-refractivity contribution >= 4 is 55.8 Å². The third kappa shape index (κ3) is 6.60. The summed E-state index contributed by atoms with van der Waals surface area (Å²) in [5.41, 5.74) is 2.34. The summed E-state index contributed by atoms with van der Waals surface area (Å²) in [6, 6.07) is 29.2. The normalized spacial score (nSPS) is 11.4. The number of amides is 1. The predicted molar refractivity (Wildman–Crippen MR) is 144 cm³/mol. The summed E-state index contributed by atoms with van der Waals surface area (Å²) in [4.78, 5) is 12.4. The number of benzene rings is 4. The van der Waals surface area contributed by atoms with Gasteiger partial charge in [-0.2, -0.15) is 0 Å². The van der Waals surface area contributed by atoms with Crippen molar-refractivity contribution < 1.29 is 13.2 Å². The van der Waals surface area contributed by atoms with Crippen LogP contribution in [0.25, 0.3) is 16.8 Å². The number of hydrogen-bond acceptors (Lipinski definition) is 4. The molecule has 0 unspecified atom stereocenters. The molecular formula is C27H23N3O3S2. The van der Waals surface area contributed by atoms with E-state index in [9.17, 15) is 13.2 Å². The molecule has 35 heavy (non-hydrogen) atoms. The topological polar surface area (TPSA) is 87.3 Å². The number of rotatable bonds is 7. The van der Waals surface area contributed by atoms with E-state index in [0.717, 1.165) is 21.9 Å². The summed E-state index contributed by atoms with van der Waals surface area (Å²) in [5.74, 6) is -0.375. The van der Waals surface area contributed by atoms with E-state index in [4.69, 9.17) is 12.2 Å². The molecule has 1 amide bonds. The Hall–Kier alpha value is -3.85. The van der Waals surface area contributed by atoms with Crippen molar-refractivity contribution in [3.05, 3.63) is 114 Å². The molecule has 3 N–H and O–H groups in total. The van der Waals surface area contributed by atoms with Crippen LogP contribution in [0, 0.1) is 0 Å². The van der Waals surface area contributed by atoms with Gasteiger partial charge in [0.2, 0.25) is 15.9 Å². The summed E-state index contributed by atoms with van der Waals surface area (Å²) < 4.78 is 27.6. The number of fused-ring (bicyclic) bond motifs is 1. The van der Waals surface area contributed by atoms with Crippen LogP contribution in [0.4, 0.5) is 5.69 Å². The van der Waals surface area contributed by atoms with E-state index in [0.29, 0.717) is 5.69 Å². The molecule has 8 heteroatoms. The maximum Gasteiger partial charge on any atom is 0.250 e. The van der Waals surface area contributed by atoms with Gasteiger partial charge < -0.3 is 5.32 Å². The molecule has 0 fully saturated rings. The highest BCUT2D eigenvalue weighted by atomic mass is 32.2. The second-order valence-electron chi connectivity index (χ2n) is 7.68. The summed E-state index contributed by atoms with van der Waals surface area (Å²) >= 11 is 5.21. The fourth-order valence-corrected chi connectivity index (χ4v) is 4.69. The zero-order valence-electron chi connectivity index (χ0n) is 18.6. The van der Waals surface area contributed by atoms with Gasteiger partial charge in [0.1, 0.15) is 0 Å². The van der Waals surface area contributed by atoms with Crippen molar-refractivity contribution in [3.8, 4) is 0 Å². The lowest BCUT2D eigenvalue weighted by atomic mass is 10.0. The molecule has 0 bridgehead atoms. The van der Waals surface area contributed by atoms with Crippen LogP contribution < -0.4 is 15.4 Å². The van der Waals surface area contributed by atoms with Gasteiger partial charge in [0.15, 0.2) is 5.11 Å². The highest BCUT2D eigenvalue weighted by molar-refractivity contribution is 7.89. The van der Waals surface area contributed by atoms with Gasteiger partial charge in [-0.05, 0) is 64.5 Å². The van der Waals surface area contributed by atoms with Crippen LogP contribution in [-0.2, 0) is 21.4 Å². The summed E-state index contributed by atoms with van der Waals surface area (Å²) in [6.07, 6.45) is 3.16. The molecule has 0 aromatic heterocycles. The first-order chi connectivity index (χ1) is 16.9. The Bertz CT molecular complexity index is 1480. The Labute approximate surface area is 209 Å². The van der Waals surface area contributed by atoms with E-state index in [1.807, 2.05) is 72.8 Å². The first kappa shape index (κ1) is 24.3. The maximum atomic E-state index is 12.5. The van der Waals surface area contributed by atoms with Gasteiger partial charge in [-0.15, -0.1) is 0 Å². The van der Waals surface area contributed by atoms with Crippen LogP contribution >= 0.6 is 12.2 Å². The molecule has 0 aliphatic rings. The molecule has 0 saturated heterocycles. The van der Waals surface area contributed by atoms with Gasteiger partial charge in [-0.1, -0.05) is 72.8 Å². The molecule has 0 heterocycles. The van der Waals surface area contributed by atoms with Crippen LogP contribution in [-0.4, -0.2) is 19.4 Å². The van der Waals surface area contributed by atoms with E-state index < -0.39 is 10.0 Å². The van der Waals surface area contributed by atoms with E-state index in [1.54, 1.807) is 18.2 Å². The standard InChI is InChI=1S/C27H23N3O3S2/c31-26(18-13-22-11-6-10-21-9-4-5-12-25(21)22)30-27(34)29-23-14-16-24(17-15-23)35(32,33)28-19-20-7-2-1-3-8-20/h1-18,28H,19H2,(H2,29,30,31,34). The van der Waals surface area contributed by atoms with Crippen LogP contribution in [0.1, 0.15) is 11.1 Å². The number of anilines is 1. The third-order valence-electron chi connectivity index (χ3n) is 5.21. The highest BCUT2D eigenvalue weighted by Crippen LogP contribution is 2.19.